The van der Waals surface area contributed by atoms with Crippen LogP contribution in [-0.2, 0) is 6.42 Å². The monoisotopic (exact) mass is 482 g/mol. The van der Waals surface area contributed by atoms with Crippen LogP contribution in [0.3, 0.4) is 0 Å². The van der Waals surface area contributed by atoms with Gasteiger partial charge in [0, 0.05) is 9.79 Å². The number of hydrogen-bond donors (Lipinski definition) is 0. The van der Waals surface area contributed by atoms with E-state index in [9.17, 15) is 10.2 Å². The molecule has 0 aliphatic carbocycles. The molecule has 0 atom stereocenters. The van der Waals surface area contributed by atoms with E-state index in [0.717, 1.165) is 18.4 Å². The second-order valence-corrected chi connectivity index (χ2v) is 7.47. The SMILES string of the molecule is CCCCCCCCCc1cccc([O-])c1Sc1ccccc1[O-].O=C([O-])[O-].[Ca+2].[Ca+2]. The van der Waals surface area contributed by atoms with Gasteiger partial charge in [-0.3, -0.25) is 0 Å². The van der Waals surface area contributed by atoms with Gasteiger partial charge in [-0.15, -0.1) is 0 Å². The minimum atomic E-state index is -2.33. The molecule has 0 N–H and O–H groups in total. The van der Waals surface area contributed by atoms with Gasteiger partial charge in [0.15, 0.2) is 0 Å². The van der Waals surface area contributed by atoms with Crippen LogP contribution in [-0.4, -0.2) is 81.6 Å². The normalized spacial score (nSPS) is 9.50. The molecule has 2 rings (SSSR count). The third-order valence-electron chi connectivity index (χ3n) is 4.17. The molecule has 0 unspecified atom stereocenters. The summed E-state index contributed by atoms with van der Waals surface area (Å²) in [4.78, 5) is 9.67. The molecule has 0 amide bonds. The van der Waals surface area contributed by atoms with Gasteiger partial charge in [-0.2, -0.15) is 0 Å². The molecule has 0 aliphatic rings. The Morgan fingerprint density at radius 1 is 0.800 bits per heavy atom. The number of para-hydroxylation sites is 1. The van der Waals surface area contributed by atoms with Crippen molar-refractivity contribution in [1.29, 1.82) is 0 Å². The van der Waals surface area contributed by atoms with Crippen LogP contribution < -0.4 is 20.4 Å². The Bertz CT molecular complexity index is 724. The van der Waals surface area contributed by atoms with E-state index in [1.165, 1.54) is 50.3 Å². The molecule has 0 aliphatic heterocycles. The van der Waals surface area contributed by atoms with Crippen molar-refractivity contribution < 1.29 is 25.2 Å². The van der Waals surface area contributed by atoms with Crippen LogP contribution in [0.4, 0.5) is 4.79 Å². The first-order valence-corrected chi connectivity index (χ1v) is 10.4. The minimum absolute atomic E-state index is 0. The zero-order chi connectivity index (χ0) is 20.8. The molecule has 8 heteroatoms. The molecule has 2 aromatic rings. The van der Waals surface area contributed by atoms with Gasteiger partial charge in [0.2, 0.25) is 0 Å². The summed E-state index contributed by atoms with van der Waals surface area (Å²) < 4.78 is 0. The summed E-state index contributed by atoms with van der Waals surface area (Å²) in [6.07, 6.45) is 7.38. The second-order valence-electron chi connectivity index (χ2n) is 6.41. The van der Waals surface area contributed by atoms with E-state index in [1.807, 2.05) is 18.2 Å². The Morgan fingerprint density at radius 2 is 1.33 bits per heavy atom. The maximum atomic E-state index is 12.2. The van der Waals surface area contributed by atoms with Crippen molar-refractivity contribution in [3.63, 3.8) is 0 Å². The van der Waals surface area contributed by atoms with E-state index < -0.39 is 6.16 Å². The molecule has 0 aromatic heterocycles. The Labute approximate surface area is 243 Å². The molecule has 2 aromatic carbocycles. The predicted octanol–water partition coefficient (Wildman–Crippen LogP) is 2.07. The van der Waals surface area contributed by atoms with E-state index in [-0.39, 0.29) is 87.0 Å². The van der Waals surface area contributed by atoms with E-state index in [1.54, 1.807) is 24.3 Å². The van der Waals surface area contributed by atoms with Crippen molar-refractivity contribution >= 4 is 93.4 Å². The standard InChI is InChI=1S/C21H28O2S.CH2O3.2Ca/c1-2-3-4-5-6-7-8-12-17-13-11-15-19(23)21(17)24-20-16-10-9-14-18(20)22;2-1(3)4;;/h9-11,13-16,22-23H,2-8,12H2,1H3;(H2,2,3,4);;/q;;2*+2/p-4. The van der Waals surface area contributed by atoms with Crippen molar-refractivity contribution in [2.24, 2.45) is 0 Å². The number of unbranched alkanes of at least 4 members (excludes halogenated alkanes) is 6. The van der Waals surface area contributed by atoms with Gasteiger partial charge in [0.25, 0.3) is 0 Å². The predicted molar refractivity (Wildman–Crippen MR) is 115 cm³/mol. The summed E-state index contributed by atoms with van der Waals surface area (Å²) in [6, 6.07) is 12.3. The molecule has 0 heterocycles. The smallest absolute Gasteiger partial charge is 0.872 e. The number of carboxylic acid groups (broad SMARTS) is 2. The van der Waals surface area contributed by atoms with Crippen LogP contribution in [0.2, 0.25) is 0 Å². The third-order valence-corrected chi connectivity index (χ3v) is 5.40. The number of benzene rings is 2. The van der Waals surface area contributed by atoms with Gasteiger partial charge >= 0.3 is 75.5 Å². The number of aryl methyl sites for hydroxylation is 1. The number of rotatable bonds is 10. The summed E-state index contributed by atoms with van der Waals surface area (Å²) in [5, 5.41) is 40.8. The van der Waals surface area contributed by atoms with Crippen molar-refractivity contribution in [3.8, 4) is 11.5 Å². The summed E-state index contributed by atoms with van der Waals surface area (Å²) in [7, 11) is 0. The fraction of sp³-hybridized carbons (Fsp3) is 0.409. The summed E-state index contributed by atoms with van der Waals surface area (Å²) in [5.41, 5.74) is 1.07. The summed E-state index contributed by atoms with van der Waals surface area (Å²) >= 11 is 1.32. The van der Waals surface area contributed by atoms with Crippen LogP contribution >= 0.6 is 11.8 Å². The van der Waals surface area contributed by atoms with Gasteiger partial charge in [-0.05, 0) is 30.6 Å². The Kier molecular flexibility index (Phi) is 21.4. The largest absolute Gasteiger partial charge is 2.00 e. The van der Waals surface area contributed by atoms with Crippen molar-refractivity contribution in [2.75, 3.05) is 0 Å². The fourth-order valence-electron chi connectivity index (χ4n) is 2.79. The van der Waals surface area contributed by atoms with Gasteiger partial charge in [0.1, 0.15) is 0 Å². The first-order valence-electron chi connectivity index (χ1n) is 9.56. The Hall–Kier alpha value is 0.179. The van der Waals surface area contributed by atoms with Gasteiger partial charge in [0.05, 0.1) is 0 Å². The molecule has 154 valence electrons. The quantitative estimate of drug-likeness (QED) is 0.379. The molecule has 0 fully saturated rings. The summed E-state index contributed by atoms with van der Waals surface area (Å²) in [6.45, 7) is 2.23. The molecule has 30 heavy (non-hydrogen) atoms. The molecule has 0 saturated carbocycles. The molecular formula is C22H26Ca2O5S. The average molecular weight is 483 g/mol. The first kappa shape index (κ1) is 32.4. The van der Waals surface area contributed by atoms with Crippen molar-refractivity contribution in [3.05, 3.63) is 48.0 Å². The number of hydrogen-bond acceptors (Lipinski definition) is 6. The fourth-order valence-corrected chi connectivity index (χ4v) is 3.80. The van der Waals surface area contributed by atoms with Crippen LogP contribution in [0.25, 0.3) is 0 Å². The molecule has 5 nitrogen and oxygen atoms in total. The number of carbonyl (C=O) groups is 1. The van der Waals surface area contributed by atoms with Crippen LogP contribution in [0.1, 0.15) is 57.4 Å². The summed E-state index contributed by atoms with van der Waals surface area (Å²) in [5.74, 6) is -0.00340. The van der Waals surface area contributed by atoms with E-state index in [0.29, 0.717) is 9.79 Å². The Balaban J connectivity index is 0. The second kappa shape index (κ2) is 19.8. The molecule has 0 radical (unpaired) electrons. The average Bonchev–Trinajstić information content (AvgIpc) is 2.64. The van der Waals surface area contributed by atoms with Crippen LogP contribution in [0.15, 0.2) is 52.3 Å². The van der Waals surface area contributed by atoms with Crippen LogP contribution in [0, 0.1) is 0 Å². The molecule has 0 saturated heterocycles. The van der Waals surface area contributed by atoms with E-state index in [4.69, 9.17) is 15.0 Å². The minimum Gasteiger partial charge on any atom is -0.872 e. The van der Waals surface area contributed by atoms with Gasteiger partial charge in [-0.1, -0.05) is 105 Å². The van der Waals surface area contributed by atoms with Crippen molar-refractivity contribution in [2.45, 2.75) is 68.1 Å². The zero-order valence-electron chi connectivity index (χ0n) is 17.6. The van der Waals surface area contributed by atoms with Crippen molar-refractivity contribution in [1.82, 2.24) is 0 Å². The third kappa shape index (κ3) is 14.3. The van der Waals surface area contributed by atoms with Gasteiger partial charge < -0.3 is 25.2 Å². The topological polar surface area (TPSA) is 109 Å². The molecule has 0 bridgehead atoms. The van der Waals surface area contributed by atoms with E-state index >= 15 is 0 Å². The number of carbonyl (C=O) groups excluding carboxylic acids is 1. The van der Waals surface area contributed by atoms with Crippen LogP contribution in [0.5, 0.6) is 11.5 Å². The molecular weight excluding hydrogens is 456 g/mol. The molecule has 0 spiro atoms. The van der Waals surface area contributed by atoms with Gasteiger partial charge in [-0.25, -0.2) is 0 Å². The maximum absolute atomic E-state index is 12.2. The first-order chi connectivity index (χ1) is 13.5. The zero-order valence-corrected chi connectivity index (χ0v) is 22.8. The van der Waals surface area contributed by atoms with E-state index in [2.05, 4.69) is 6.92 Å². The Morgan fingerprint density at radius 3 is 1.93 bits per heavy atom. The maximum Gasteiger partial charge on any atom is 2.00 e.